The topological polar surface area (TPSA) is 17.1 Å². The zero-order valence-corrected chi connectivity index (χ0v) is 13.1. The normalized spacial score (nSPS) is 11.8. The van der Waals surface area contributed by atoms with E-state index in [4.69, 9.17) is 0 Å². The summed E-state index contributed by atoms with van der Waals surface area (Å²) in [5.41, 5.74) is 3.28. The minimum atomic E-state index is 0.200. The van der Waals surface area contributed by atoms with E-state index >= 15 is 0 Å². The summed E-state index contributed by atoms with van der Waals surface area (Å²) < 4.78 is 0. The third-order valence-electron chi connectivity index (χ3n) is 4.12. The lowest BCUT2D eigenvalue weighted by atomic mass is 9.86. The fourth-order valence-electron chi connectivity index (χ4n) is 2.90. The Morgan fingerprint density at radius 2 is 1.22 bits per heavy atom. The van der Waals surface area contributed by atoms with Crippen LogP contribution in [0.4, 0.5) is 0 Å². The van der Waals surface area contributed by atoms with Crippen molar-refractivity contribution in [2.45, 2.75) is 18.8 Å². The maximum absolute atomic E-state index is 12.6. The van der Waals surface area contributed by atoms with E-state index in [0.717, 1.165) is 12.0 Å². The van der Waals surface area contributed by atoms with Crippen LogP contribution in [0, 0.1) is 0 Å². The summed E-state index contributed by atoms with van der Waals surface area (Å²) in [5.74, 6) is 0.404. The van der Waals surface area contributed by atoms with Gasteiger partial charge in [-0.3, -0.25) is 4.79 Å². The van der Waals surface area contributed by atoms with Gasteiger partial charge in [0.05, 0.1) is 0 Å². The molecule has 0 spiro atoms. The minimum Gasteiger partial charge on any atom is -0.294 e. The van der Waals surface area contributed by atoms with E-state index in [1.165, 1.54) is 11.1 Å². The van der Waals surface area contributed by atoms with Gasteiger partial charge in [-0.1, -0.05) is 91.0 Å². The van der Waals surface area contributed by atoms with E-state index in [2.05, 4.69) is 36.4 Å². The van der Waals surface area contributed by atoms with Crippen molar-refractivity contribution in [1.29, 1.82) is 0 Å². The molecule has 0 unspecified atom stereocenters. The standard InChI is InChI=1S/C22H20O/c23-22(20-14-8-3-9-15-20)17-21(19-12-6-2-7-13-19)16-18-10-4-1-5-11-18/h1-15,21H,16-17H2/t21-/m0/s1. The van der Waals surface area contributed by atoms with Crippen LogP contribution in [0.15, 0.2) is 91.0 Å². The van der Waals surface area contributed by atoms with Crippen LogP contribution >= 0.6 is 0 Å². The Labute approximate surface area is 137 Å². The van der Waals surface area contributed by atoms with Crippen molar-refractivity contribution >= 4 is 5.78 Å². The predicted octanol–water partition coefficient (Wildman–Crippen LogP) is 5.29. The number of benzene rings is 3. The van der Waals surface area contributed by atoms with Gasteiger partial charge >= 0.3 is 0 Å². The fourth-order valence-corrected chi connectivity index (χ4v) is 2.90. The second-order valence-corrected chi connectivity index (χ2v) is 5.79. The van der Waals surface area contributed by atoms with Crippen LogP contribution in [0.3, 0.4) is 0 Å². The molecule has 0 aliphatic carbocycles. The van der Waals surface area contributed by atoms with Crippen molar-refractivity contribution < 1.29 is 4.79 Å². The molecule has 0 heterocycles. The molecule has 23 heavy (non-hydrogen) atoms. The van der Waals surface area contributed by atoms with Crippen molar-refractivity contribution in [2.24, 2.45) is 0 Å². The molecule has 0 aliphatic rings. The number of hydrogen-bond donors (Lipinski definition) is 0. The Kier molecular flexibility index (Phi) is 5.00. The van der Waals surface area contributed by atoms with Gasteiger partial charge in [0.25, 0.3) is 0 Å². The summed E-state index contributed by atoms with van der Waals surface area (Å²) in [6.07, 6.45) is 1.41. The lowest BCUT2D eigenvalue weighted by Crippen LogP contribution is -2.10. The van der Waals surface area contributed by atoms with E-state index in [0.29, 0.717) is 6.42 Å². The van der Waals surface area contributed by atoms with Gasteiger partial charge in [-0.25, -0.2) is 0 Å². The molecule has 0 aromatic heterocycles. The van der Waals surface area contributed by atoms with Gasteiger partial charge in [-0.15, -0.1) is 0 Å². The third kappa shape index (κ3) is 4.17. The number of hydrogen-bond acceptors (Lipinski definition) is 1. The Bertz CT molecular complexity index is 733. The molecule has 0 fully saturated rings. The summed E-state index contributed by atoms with van der Waals surface area (Å²) in [4.78, 5) is 12.6. The van der Waals surface area contributed by atoms with Crippen molar-refractivity contribution in [2.75, 3.05) is 0 Å². The van der Waals surface area contributed by atoms with Crippen LogP contribution in [-0.2, 0) is 6.42 Å². The Balaban J connectivity index is 1.82. The molecule has 0 radical (unpaired) electrons. The Morgan fingerprint density at radius 1 is 0.696 bits per heavy atom. The molecule has 3 aromatic rings. The quantitative estimate of drug-likeness (QED) is 0.566. The van der Waals surface area contributed by atoms with Crippen LogP contribution in [0.1, 0.15) is 33.8 Å². The highest BCUT2D eigenvalue weighted by Gasteiger charge is 2.17. The lowest BCUT2D eigenvalue weighted by Gasteiger charge is -2.17. The lowest BCUT2D eigenvalue weighted by molar-refractivity contribution is 0.0973. The van der Waals surface area contributed by atoms with E-state index in [1.54, 1.807) is 0 Å². The molecular weight excluding hydrogens is 280 g/mol. The number of Topliss-reactive ketones (excluding diaryl/α,β-unsaturated/α-hetero) is 1. The van der Waals surface area contributed by atoms with Gasteiger partial charge in [0.2, 0.25) is 0 Å². The maximum atomic E-state index is 12.6. The molecule has 3 aromatic carbocycles. The average molecular weight is 300 g/mol. The molecule has 0 saturated carbocycles. The largest absolute Gasteiger partial charge is 0.294 e. The summed E-state index contributed by atoms with van der Waals surface area (Å²) in [6, 6.07) is 30.3. The first kappa shape index (κ1) is 15.2. The number of rotatable bonds is 6. The first-order chi connectivity index (χ1) is 11.3. The second-order valence-electron chi connectivity index (χ2n) is 5.79. The van der Waals surface area contributed by atoms with Crippen LogP contribution in [-0.4, -0.2) is 5.78 Å². The second kappa shape index (κ2) is 7.55. The SMILES string of the molecule is O=C(C[C@H](Cc1ccccc1)c1ccccc1)c1ccccc1. The van der Waals surface area contributed by atoms with Crippen LogP contribution in [0.5, 0.6) is 0 Å². The molecule has 0 aliphatic heterocycles. The fraction of sp³-hybridized carbons (Fsp3) is 0.136. The Hall–Kier alpha value is -2.67. The maximum Gasteiger partial charge on any atom is 0.163 e. The van der Waals surface area contributed by atoms with Gasteiger partial charge in [-0.05, 0) is 23.5 Å². The molecule has 0 saturated heterocycles. The molecule has 0 N–H and O–H groups in total. The number of carbonyl (C=O) groups is 1. The smallest absolute Gasteiger partial charge is 0.163 e. The molecular formula is C22H20O. The van der Waals surface area contributed by atoms with Crippen LogP contribution in [0.2, 0.25) is 0 Å². The van der Waals surface area contributed by atoms with Gasteiger partial charge in [0.1, 0.15) is 0 Å². The predicted molar refractivity (Wildman–Crippen MR) is 94.7 cm³/mol. The minimum absolute atomic E-state index is 0.200. The highest BCUT2D eigenvalue weighted by Crippen LogP contribution is 2.26. The summed E-state index contributed by atoms with van der Waals surface area (Å²) in [6.45, 7) is 0. The summed E-state index contributed by atoms with van der Waals surface area (Å²) in [5, 5.41) is 0. The van der Waals surface area contributed by atoms with Crippen molar-refractivity contribution in [3.63, 3.8) is 0 Å². The Morgan fingerprint density at radius 3 is 1.83 bits per heavy atom. The zero-order valence-electron chi connectivity index (χ0n) is 13.1. The first-order valence-electron chi connectivity index (χ1n) is 8.00. The molecule has 114 valence electrons. The van der Waals surface area contributed by atoms with E-state index in [-0.39, 0.29) is 11.7 Å². The van der Waals surface area contributed by atoms with E-state index in [9.17, 15) is 4.79 Å². The van der Waals surface area contributed by atoms with Gasteiger partial charge in [-0.2, -0.15) is 0 Å². The van der Waals surface area contributed by atoms with E-state index < -0.39 is 0 Å². The molecule has 3 rings (SSSR count). The summed E-state index contributed by atoms with van der Waals surface area (Å²) >= 11 is 0. The van der Waals surface area contributed by atoms with Gasteiger partial charge in [0, 0.05) is 12.0 Å². The number of ketones is 1. The summed E-state index contributed by atoms with van der Waals surface area (Å²) in [7, 11) is 0. The molecule has 0 bridgehead atoms. The molecule has 1 heteroatoms. The van der Waals surface area contributed by atoms with Crippen molar-refractivity contribution in [3.05, 3.63) is 108 Å². The van der Waals surface area contributed by atoms with Crippen LogP contribution < -0.4 is 0 Å². The molecule has 1 atom stereocenters. The zero-order chi connectivity index (χ0) is 15.9. The van der Waals surface area contributed by atoms with E-state index in [1.807, 2.05) is 54.6 Å². The van der Waals surface area contributed by atoms with Gasteiger partial charge < -0.3 is 0 Å². The first-order valence-corrected chi connectivity index (χ1v) is 8.00. The third-order valence-corrected chi connectivity index (χ3v) is 4.12. The highest BCUT2D eigenvalue weighted by atomic mass is 16.1. The average Bonchev–Trinajstić information content (AvgIpc) is 2.63. The monoisotopic (exact) mass is 300 g/mol. The number of carbonyl (C=O) groups excluding carboxylic acids is 1. The highest BCUT2D eigenvalue weighted by molar-refractivity contribution is 5.96. The van der Waals surface area contributed by atoms with Crippen molar-refractivity contribution in [3.8, 4) is 0 Å². The molecule has 1 nitrogen and oxygen atoms in total. The van der Waals surface area contributed by atoms with Crippen LogP contribution in [0.25, 0.3) is 0 Å². The molecule has 0 amide bonds. The van der Waals surface area contributed by atoms with Crippen molar-refractivity contribution in [1.82, 2.24) is 0 Å². The van der Waals surface area contributed by atoms with Gasteiger partial charge in [0.15, 0.2) is 5.78 Å².